The average molecular weight is 361 g/mol. The van der Waals surface area contributed by atoms with Crippen molar-refractivity contribution in [2.24, 2.45) is 7.05 Å². The average Bonchev–Trinajstić information content (AvgIpc) is 2.91. The Balaban J connectivity index is 2.27. The molecular formula is C18H17BF3N2S. The van der Waals surface area contributed by atoms with E-state index in [1.165, 1.54) is 6.07 Å². The summed E-state index contributed by atoms with van der Waals surface area (Å²) >= 11 is 1.69. The lowest BCUT2D eigenvalue weighted by molar-refractivity contribution is -0.137. The fourth-order valence-electron chi connectivity index (χ4n) is 2.94. The second kappa shape index (κ2) is 6.79. The predicted octanol–water partition coefficient (Wildman–Crippen LogP) is 4.75. The minimum atomic E-state index is -4.39. The Bertz CT molecular complexity index is 919. The van der Waals surface area contributed by atoms with Crippen molar-refractivity contribution in [3.05, 3.63) is 42.0 Å². The third-order valence-corrected chi connectivity index (χ3v) is 5.02. The van der Waals surface area contributed by atoms with Gasteiger partial charge in [0.25, 0.3) is 0 Å². The van der Waals surface area contributed by atoms with Crippen LogP contribution >= 0.6 is 11.8 Å². The molecule has 0 spiro atoms. The molecule has 2 nitrogen and oxygen atoms in total. The molecule has 0 bridgehead atoms. The predicted molar refractivity (Wildman–Crippen MR) is 98.8 cm³/mol. The number of hydrogen-bond acceptors (Lipinski definition) is 2. The molecule has 0 amide bonds. The monoisotopic (exact) mass is 361 g/mol. The lowest BCUT2D eigenvalue weighted by atomic mass is 9.72. The molecule has 0 aliphatic carbocycles. The van der Waals surface area contributed by atoms with E-state index in [1.54, 1.807) is 25.9 Å². The number of fused-ring (bicyclic) bond motifs is 1. The summed E-state index contributed by atoms with van der Waals surface area (Å²) in [6, 6.07) is 10.2. The van der Waals surface area contributed by atoms with Gasteiger partial charge in [-0.25, -0.2) is 4.98 Å². The molecule has 0 saturated heterocycles. The third-order valence-electron chi connectivity index (χ3n) is 4.06. The molecule has 25 heavy (non-hydrogen) atoms. The number of hydrogen-bond donors (Lipinski definition) is 0. The molecule has 1 radical (unpaired) electrons. The molecule has 2 aromatic carbocycles. The van der Waals surface area contributed by atoms with E-state index in [0.29, 0.717) is 22.3 Å². The van der Waals surface area contributed by atoms with E-state index in [4.69, 9.17) is 0 Å². The summed E-state index contributed by atoms with van der Waals surface area (Å²) in [6.45, 7) is 3.80. The number of aromatic nitrogens is 2. The van der Waals surface area contributed by atoms with Gasteiger partial charge in [-0.2, -0.15) is 13.2 Å². The summed E-state index contributed by atoms with van der Waals surface area (Å²) < 4.78 is 41.4. The first-order valence-corrected chi connectivity index (χ1v) is 8.94. The minimum absolute atomic E-state index is 0.358. The first-order chi connectivity index (χ1) is 11.9. The highest BCUT2D eigenvalue weighted by Gasteiger charge is 2.32. The molecule has 0 atom stereocenters. The van der Waals surface area contributed by atoms with Gasteiger partial charge in [0.05, 0.1) is 16.6 Å². The van der Waals surface area contributed by atoms with Gasteiger partial charge < -0.3 is 4.57 Å². The Kier molecular flexibility index (Phi) is 4.87. The third kappa shape index (κ3) is 3.29. The zero-order chi connectivity index (χ0) is 18.2. The van der Waals surface area contributed by atoms with Crippen molar-refractivity contribution in [3.63, 3.8) is 0 Å². The van der Waals surface area contributed by atoms with Gasteiger partial charge in [-0.05, 0) is 17.9 Å². The van der Waals surface area contributed by atoms with Crippen molar-refractivity contribution >= 4 is 35.5 Å². The molecular weight excluding hydrogens is 344 g/mol. The van der Waals surface area contributed by atoms with Gasteiger partial charge in [0, 0.05) is 17.5 Å². The maximum atomic E-state index is 13.2. The van der Waals surface area contributed by atoms with Crippen LogP contribution in [0.5, 0.6) is 0 Å². The molecule has 0 saturated carbocycles. The molecule has 1 heterocycles. The van der Waals surface area contributed by atoms with E-state index in [1.807, 2.05) is 35.9 Å². The van der Waals surface area contributed by atoms with Gasteiger partial charge >= 0.3 is 6.18 Å². The zero-order valence-corrected chi connectivity index (χ0v) is 15.0. The van der Waals surface area contributed by atoms with Crippen molar-refractivity contribution in [2.75, 3.05) is 5.75 Å². The summed E-state index contributed by atoms with van der Waals surface area (Å²) in [5, 5.41) is 0. The summed E-state index contributed by atoms with van der Waals surface area (Å²) in [4.78, 5) is 5.61. The van der Waals surface area contributed by atoms with Crippen LogP contribution in [-0.2, 0) is 13.2 Å². The Morgan fingerprint density at radius 1 is 1.20 bits per heavy atom. The second-order valence-electron chi connectivity index (χ2n) is 5.64. The highest BCUT2D eigenvalue weighted by Crippen LogP contribution is 2.34. The lowest BCUT2D eigenvalue weighted by Crippen LogP contribution is -2.18. The van der Waals surface area contributed by atoms with Crippen LogP contribution in [0.2, 0.25) is 6.82 Å². The van der Waals surface area contributed by atoms with Crippen LogP contribution in [0.25, 0.3) is 22.4 Å². The van der Waals surface area contributed by atoms with E-state index >= 15 is 0 Å². The maximum Gasteiger partial charge on any atom is 0.416 e. The van der Waals surface area contributed by atoms with Crippen LogP contribution in [0.15, 0.2) is 41.3 Å². The SMILES string of the molecule is C[B]c1cc(C(F)(F)F)cc2nc(-c3ccccc3SCC)n(C)c12. The second-order valence-corrected chi connectivity index (χ2v) is 6.95. The van der Waals surface area contributed by atoms with Gasteiger partial charge in [0.2, 0.25) is 0 Å². The lowest BCUT2D eigenvalue weighted by Gasteiger charge is -2.11. The van der Waals surface area contributed by atoms with E-state index in [2.05, 4.69) is 11.9 Å². The van der Waals surface area contributed by atoms with Crippen LogP contribution < -0.4 is 5.46 Å². The fourth-order valence-corrected chi connectivity index (χ4v) is 3.74. The van der Waals surface area contributed by atoms with Gasteiger partial charge in [-0.15, -0.1) is 11.8 Å². The van der Waals surface area contributed by atoms with Crippen LogP contribution in [0.1, 0.15) is 12.5 Å². The summed E-state index contributed by atoms with van der Waals surface area (Å²) in [5.41, 5.74) is 1.86. The van der Waals surface area contributed by atoms with Crippen molar-refractivity contribution in [1.82, 2.24) is 9.55 Å². The number of thioether (sulfide) groups is 1. The largest absolute Gasteiger partial charge is 0.416 e. The molecule has 0 aliphatic heterocycles. The van der Waals surface area contributed by atoms with Crippen molar-refractivity contribution in [3.8, 4) is 11.4 Å². The fraction of sp³-hybridized carbons (Fsp3) is 0.278. The van der Waals surface area contributed by atoms with Crippen LogP contribution in [0.3, 0.4) is 0 Å². The zero-order valence-electron chi connectivity index (χ0n) is 14.2. The molecule has 0 aliphatic rings. The number of nitrogens with zero attached hydrogens (tertiary/aromatic N) is 2. The number of halogens is 3. The molecule has 129 valence electrons. The maximum absolute atomic E-state index is 13.2. The highest BCUT2D eigenvalue weighted by atomic mass is 32.2. The van der Waals surface area contributed by atoms with Gasteiger partial charge in [-0.1, -0.05) is 43.5 Å². The standard InChI is InChI=1S/C18H17BF3N2S/c1-4-25-15-8-6-5-7-12(15)17-23-14-10-11(18(20,21)22)9-13(19-2)16(14)24(17)3/h5-10H,4H2,1-3H3. The van der Waals surface area contributed by atoms with Crippen LogP contribution in [-0.4, -0.2) is 22.6 Å². The Hall–Kier alpha value is -1.89. The van der Waals surface area contributed by atoms with Gasteiger partial charge in [0.15, 0.2) is 7.28 Å². The first kappa shape index (κ1) is 17.9. The van der Waals surface area contributed by atoms with Crippen molar-refractivity contribution in [1.29, 1.82) is 0 Å². The summed E-state index contributed by atoms with van der Waals surface area (Å²) in [5.74, 6) is 1.58. The summed E-state index contributed by atoms with van der Waals surface area (Å²) in [6.07, 6.45) is -4.39. The minimum Gasteiger partial charge on any atom is -0.328 e. The van der Waals surface area contributed by atoms with Crippen molar-refractivity contribution < 1.29 is 13.2 Å². The molecule has 0 unspecified atom stereocenters. The number of rotatable bonds is 4. The normalized spacial score (nSPS) is 11.9. The van der Waals surface area contributed by atoms with Crippen molar-refractivity contribution in [2.45, 2.75) is 24.8 Å². The molecule has 0 N–H and O–H groups in total. The molecule has 0 fully saturated rings. The Morgan fingerprint density at radius 2 is 1.92 bits per heavy atom. The summed E-state index contributed by atoms with van der Waals surface area (Å²) in [7, 11) is 3.54. The van der Waals surface area contributed by atoms with E-state index in [0.717, 1.165) is 22.3 Å². The molecule has 1 aromatic heterocycles. The smallest absolute Gasteiger partial charge is 0.328 e. The number of benzene rings is 2. The Morgan fingerprint density at radius 3 is 2.56 bits per heavy atom. The van der Waals surface area contributed by atoms with Crippen LogP contribution in [0, 0.1) is 0 Å². The number of aryl methyl sites for hydroxylation is 1. The highest BCUT2D eigenvalue weighted by molar-refractivity contribution is 7.99. The van der Waals surface area contributed by atoms with Crippen LogP contribution in [0.4, 0.5) is 13.2 Å². The van der Waals surface area contributed by atoms with Gasteiger partial charge in [-0.3, -0.25) is 0 Å². The Labute approximate surface area is 149 Å². The first-order valence-electron chi connectivity index (χ1n) is 7.96. The number of imidazole rings is 1. The number of alkyl halides is 3. The molecule has 3 aromatic rings. The van der Waals surface area contributed by atoms with E-state index in [-0.39, 0.29) is 0 Å². The molecule has 3 rings (SSSR count). The quantitative estimate of drug-likeness (QED) is 0.493. The topological polar surface area (TPSA) is 17.8 Å². The molecule has 7 heteroatoms. The van der Waals surface area contributed by atoms with E-state index < -0.39 is 11.7 Å². The van der Waals surface area contributed by atoms with Gasteiger partial charge in [0.1, 0.15) is 5.82 Å². The van der Waals surface area contributed by atoms with E-state index in [9.17, 15) is 13.2 Å².